The van der Waals surface area contributed by atoms with Crippen LogP contribution in [0.5, 0.6) is 5.75 Å². The molecule has 1 aliphatic rings. The quantitative estimate of drug-likeness (QED) is 0.796. The normalized spacial score (nSPS) is 14.1. The second-order valence-electron chi connectivity index (χ2n) is 6.21. The number of aryl methyl sites for hydroxylation is 1. The zero-order chi connectivity index (χ0) is 17.1. The minimum absolute atomic E-state index is 0.129. The number of carbonyl (C=O) groups excluding carboxylic acids is 1. The van der Waals surface area contributed by atoms with Gasteiger partial charge in [0.2, 0.25) is 5.91 Å². The number of anilines is 1. The van der Waals surface area contributed by atoms with Crippen molar-refractivity contribution in [2.24, 2.45) is 0 Å². The van der Waals surface area contributed by atoms with Gasteiger partial charge < -0.3 is 14.6 Å². The zero-order valence-corrected chi connectivity index (χ0v) is 14.5. The summed E-state index contributed by atoms with van der Waals surface area (Å²) >= 11 is 0. The lowest BCUT2D eigenvalue weighted by Gasteiger charge is -2.06. The highest BCUT2D eigenvalue weighted by molar-refractivity contribution is 6.02. The molecule has 0 saturated heterocycles. The molecule has 1 heterocycles. The molecule has 1 aliphatic carbocycles. The van der Waals surface area contributed by atoms with Gasteiger partial charge in [0, 0.05) is 29.2 Å². The molecule has 2 aromatic rings. The Labute approximate surface area is 143 Å². The van der Waals surface area contributed by atoms with Crippen molar-refractivity contribution in [3.63, 3.8) is 0 Å². The number of amides is 1. The fourth-order valence-electron chi connectivity index (χ4n) is 3.02. The lowest BCUT2D eigenvalue weighted by Crippen LogP contribution is -2.07. The molecule has 0 bridgehead atoms. The van der Waals surface area contributed by atoms with Gasteiger partial charge in [-0.15, -0.1) is 0 Å². The van der Waals surface area contributed by atoms with Gasteiger partial charge in [0.05, 0.1) is 6.61 Å². The third kappa shape index (κ3) is 3.70. The molecule has 3 rings (SSSR count). The smallest absolute Gasteiger partial charge is 0.248 e. The highest BCUT2D eigenvalue weighted by atomic mass is 16.5. The molecule has 1 N–H and O–H groups in total. The molecule has 0 atom stereocenters. The molecule has 4 nitrogen and oxygen atoms in total. The van der Waals surface area contributed by atoms with Crippen molar-refractivity contribution in [1.82, 2.24) is 4.57 Å². The molecule has 0 unspecified atom stereocenters. The van der Waals surface area contributed by atoms with E-state index in [9.17, 15) is 4.79 Å². The van der Waals surface area contributed by atoms with Gasteiger partial charge in [-0.1, -0.05) is 0 Å². The minimum Gasteiger partial charge on any atom is -0.494 e. The van der Waals surface area contributed by atoms with Crippen LogP contribution in [0.4, 0.5) is 5.69 Å². The van der Waals surface area contributed by atoms with E-state index in [-0.39, 0.29) is 5.91 Å². The number of hydrogen-bond donors (Lipinski definition) is 1. The van der Waals surface area contributed by atoms with E-state index in [0.717, 1.165) is 17.0 Å². The summed E-state index contributed by atoms with van der Waals surface area (Å²) in [7, 11) is 0. The topological polar surface area (TPSA) is 43.3 Å². The predicted molar refractivity (Wildman–Crippen MR) is 97.5 cm³/mol. The minimum atomic E-state index is -0.129. The zero-order valence-electron chi connectivity index (χ0n) is 14.5. The molecule has 1 aromatic carbocycles. The standard InChI is InChI=1S/C20H24N2O2/c1-4-24-19-10-6-17(7-11-19)21-20(23)12-5-16-13-14(2)22(15(16)3)18-8-9-18/h5-7,10-13,18H,4,8-9H2,1-3H3,(H,21,23)/b12-5+. The molecule has 1 saturated carbocycles. The number of hydrogen-bond acceptors (Lipinski definition) is 2. The molecule has 1 fully saturated rings. The Morgan fingerprint density at radius 2 is 2.00 bits per heavy atom. The van der Waals surface area contributed by atoms with E-state index in [1.165, 1.54) is 24.2 Å². The summed E-state index contributed by atoms with van der Waals surface area (Å²) in [6.45, 7) is 6.83. The Hall–Kier alpha value is -2.49. The summed E-state index contributed by atoms with van der Waals surface area (Å²) in [6, 6.07) is 10.2. The number of benzene rings is 1. The molecule has 1 aromatic heterocycles. The van der Waals surface area contributed by atoms with Crippen LogP contribution in [0.1, 0.15) is 42.8 Å². The van der Waals surface area contributed by atoms with Gasteiger partial charge in [-0.25, -0.2) is 0 Å². The molecule has 24 heavy (non-hydrogen) atoms. The number of rotatable bonds is 6. The highest BCUT2D eigenvalue weighted by Gasteiger charge is 2.26. The summed E-state index contributed by atoms with van der Waals surface area (Å²) in [5.41, 5.74) is 4.37. The fraction of sp³-hybridized carbons (Fsp3) is 0.350. The van der Waals surface area contributed by atoms with Crippen LogP contribution in [0.3, 0.4) is 0 Å². The van der Waals surface area contributed by atoms with Crippen LogP contribution in [0.2, 0.25) is 0 Å². The van der Waals surface area contributed by atoms with Gasteiger partial charge in [-0.3, -0.25) is 4.79 Å². The molecule has 126 valence electrons. The average Bonchev–Trinajstić information content (AvgIpc) is 3.34. The maximum Gasteiger partial charge on any atom is 0.248 e. The van der Waals surface area contributed by atoms with Crippen LogP contribution in [-0.2, 0) is 4.79 Å². The van der Waals surface area contributed by atoms with Crippen molar-refractivity contribution < 1.29 is 9.53 Å². The summed E-state index contributed by atoms with van der Waals surface area (Å²) in [5.74, 6) is 0.675. The van der Waals surface area contributed by atoms with Crippen LogP contribution >= 0.6 is 0 Å². The van der Waals surface area contributed by atoms with Gasteiger partial charge in [0.25, 0.3) is 0 Å². The maximum absolute atomic E-state index is 12.1. The first-order chi connectivity index (χ1) is 11.6. The number of nitrogens with one attached hydrogen (secondary N) is 1. The Morgan fingerprint density at radius 1 is 1.29 bits per heavy atom. The first kappa shape index (κ1) is 16.4. The monoisotopic (exact) mass is 324 g/mol. The first-order valence-corrected chi connectivity index (χ1v) is 8.49. The van der Waals surface area contributed by atoms with Crippen molar-refractivity contribution in [3.05, 3.63) is 53.4 Å². The third-order valence-corrected chi connectivity index (χ3v) is 4.28. The maximum atomic E-state index is 12.1. The van der Waals surface area contributed by atoms with E-state index in [4.69, 9.17) is 4.74 Å². The van der Waals surface area contributed by atoms with Crippen LogP contribution in [0.15, 0.2) is 36.4 Å². The fourth-order valence-corrected chi connectivity index (χ4v) is 3.02. The van der Waals surface area contributed by atoms with Gasteiger partial charge >= 0.3 is 0 Å². The molecule has 4 heteroatoms. The van der Waals surface area contributed by atoms with Crippen LogP contribution in [0.25, 0.3) is 6.08 Å². The van der Waals surface area contributed by atoms with E-state index < -0.39 is 0 Å². The lowest BCUT2D eigenvalue weighted by atomic mass is 10.2. The second-order valence-corrected chi connectivity index (χ2v) is 6.21. The Morgan fingerprint density at radius 3 is 2.62 bits per heavy atom. The van der Waals surface area contributed by atoms with Crippen LogP contribution in [-0.4, -0.2) is 17.1 Å². The summed E-state index contributed by atoms with van der Waals surface area (Å²) in [4.78, 5) is 12.1. The molecular weight excluding hydrogens is 300 g/mol. The van der Waals surface area contributed by atoms with E-state index in [1.54, 1.807) is 6.08 Å². The van der Waals surface area contributed by atoms with E-state index in [0.29, 0.717) is 12.6 Å². The number of nitrogens with zero attached hydrogens (tertiary/aromatic N) is 1. The number of aromatic nitrogens is 1. The molecule has 0 aliphatic heterocycles. The van der Waals surface area contributed by atoms with Gasteiger partial charge in [-0.05, 0) is 75.6 Å². The van der Waals surface area contributed by atoms with E-state index in [1.807, 2.05) is 37.3 Å². The van der Waals surface area contributed by atoms with E-state index >= 15 is 0 Å². The first-order valence-electron chi connectivity index (χ1n) is 8.49. The van der Waals surface area contributed by atoms with Crippen molar-refractivity contribution >= 4 is 17.7 Å². The van der Waals surface area contributed by atoms with Gasteiger partial charge in [0.1, 0.15) is 5.75 Å². The third-order valence-electron chi connectivity index (χ3n) is 4.28. The van der Waals surface area contributed by atoms with Gasteiger partial charge in [-0.2, -0.15) is 0 Å². The summed E-state index contributed by atoms with van der Waals surface area (Å²) < 4.78 is 7.77. The van der Waals surface area contributed by atoms with Crippen molar-refractivity contribution in [2.45, 2.75) is 39.7 Å². The number of ether oxygens (including phenoxy) is 1. The summed E-state index contributed by atoms with van der Waals surface area (Å²) in [5, 5.41) is 2.87. The van der Waals surface area contributed by atoms with E-state index in [2.05, 4.69) is 29.8 Å². The largest absolute Gasteiger partial charge is 0.494 e. The SMILES string of the molecule is CCOc1ccc(NC(=O)/C=C/c2cc(C)n(C3CC3)c2C)cc1. The van der Waals surface area contributed by atoms with Crippen molar-refractivity contribution in [1.29, 1.82) is 0 Å². The number of carbonyl (C=O) groups is 1. The average molecular weight is 324 g/mol. The molecular formula is C20H24N2O2. The molecule has 1 amide bonds. The lowest BCUT2D eigenvalue weighted by molar-refractivity contribution is -0.111. The van der Waals surface area contributed by atoms with Crippen molar-refractivity contribution in [2.75, 3.05) is 11.9 Å². The summed E-state index contributed by atoms with van der Waals surface area (Å²) in [6.07, 6.45) is 6.01. The Bertz CT molecular complexity index is 753. The highest BCUT2D eigenvalue weighted by Crippen LogP contribution is 2.38. The Balaban J connectivity index is 1.64. The predicted octanol–water partition coefficient (Wildman–Crippen LogP) is 4.49. The van der Waals surface area contributed by atoms with Gasteiger partial charge in [0.15, 0.2) is 0 Å². The molecule has 0 spiro atoms. The molecule has 0 radical (unpaired) electrons. The Kier molecular flexibility index (Phi) is 4.74. The van der Waals surface area contributed by atoms with Crippen LogP contribution in [0, 0.1) is 13.8 Å². The second kappa shape index (κ2) is 6.95. The van der Waals surface area contributed by atoms with Crippen molar-refractivity contribution in [3.8, 4) is 5.75 Å². The van der Waals surface area contributed by atoms with Crippen LogP contribution < -0.4 is 10.1 Å².